The number of fused-ring (bicyclic) bond motifs is 1. The first kappa shape index (κ1) is 17.2. The van der Waals surface area contributed by atoms with Gasteiger partial charge in [-0.05, 0) is 25.1 Å². The van der Waals surface area contributed by atoms with Crippen LogP contribution in [0, 0.1) is 0 Å². The Kier molecular flexibility index (Phi) is 6.20. The quantitative estimate of drug-likeness (QED) is 0.623. The van der Waals surface area contributed by atoms with Crippen LogP contribution in [0.2, 0.25) is 0 Å². The van der Waals surface area contributed by atoms with Crippen molar-refractivity contribution in [1.82, 2.24) is 10.6 Å². The van der Waals surface area contributed by atoms with Crippen LogP contribution in [0.4, 0.5) is 0 Å². The number of hydrogen-bond acceptors (Lipinski definition) is 4. The molecule has 25 heavy (non-hydrogen) atoms. The molecule has 1 aliphatic rings. The molecule has 1 aromatic carbocycles. The van der Waals surface area contributed by atoms with Gasteiger partial charge in [-0.1, -0.05) is 12.1 Å². The lowest BCUT2D eigenvalue weighted by atomic mass is 10.2. The van der Waals surface area contributed by atoms with Gasteiger partial charge in [0.2, 0.25) is 0 Å². The first-order valence-corrected chi connectivity index (χ1v) is 8.79. The SMILES string of the molecule is CCNC(=NCc1cccc2c1OCCCO2)NCCc1ccco1. The normalized spacial score (nSPS) is 14.0. The fourth-order valence-electron chi connectivity index (χ4n) is 2.64. The van der Waals surface area contributed by atoms with Gasteiger partial charge in [0.1, 0.15) is 5.76 Å². The molecule has 0 fully saturated rings. The number of hydrogen-bond donors (Lipinski definition) is 2. The smallest absolute Gasteiger partial charge is 0.191 e. The van der Waals surface area contributed by atoms with Crippen LogP contribution in [0.5, 0.6) is 11.5 Å². The van der Waals surface area contributed by atoms with Crippen LogP contribution in [0.25, 0.3) is 0 Å². The maximum atomic E-state index is 5.85. The van der Waals surface area contributed by atoms with Gasteiger partial charge < -0.3 is 24.5 Å². The zero-order valence-electron chi connectivity index (χ0n) is 14.6. The average Bonchev–Trinajstić information content (AvgIpc) is 3.02. The van der Waals surface area contributed by atoms with Gasteiger partial charge in [0.25, 0.3) is 0 Å². The molecule has 3 rings (SSSR count). The van der Waals surface area contributed by atoms with E-state index in [1.807, 2.05) is 30.3 Å². The summed E-state index contributed by atoms with van der Waals surface area (Å²) < 4.78 is 16.9. The molecule has 0 bridgehead atoms. The predicted molar refractivity (Wildman–Crippen MR) is 97.3 cm³/mol. The highest BCUT2D eigenvalue weighted by Gasteiger charge is 2.14. The van der Waals surface area contributed by atoms with Gasteiger partial charge in [0.05, 0.1) is 26.0 Å². The molecule has 1 aromatic heterocycles. The molecular weight excluding hydrogens is 318 g/mol. The lowest BCUT2D eigenvalue weighted by Gasteiger charge is -2.13. The number of benzene rings is 1. The van der Waals surface area contributed by atoms with E-state index in [0.717, 1.165) is 54.7 Å². The molecule has 2 aromatic rings. The number of aliphatic imine (C=N–C) groups is 1. The Hall–Kier alpha value is -2.63. The van der Waals surface area contributed by atoms with Crippen LogP contribution in [0.3, 0.4) is 0 Å². The third-order valence-corrected chi connectivity index (χ3v) is 3.85. The second kappa shape index (κ2) is 9.01. The van der Waals surface area contributed by atoms with E-state index in [9.17, 15) is 0 Å². The summed E-state index contributed by atoms with van der Waals surface area (Å²) in [6.07, 6.45) is 3.40. The van der Waals surface area contributed by atoms with Crippen LogP contribution in [-0.2, 0) is 13.0 Å². The van der Waals surface area contributed by atoms with E-state index in [2.05, 4.69) is 22.5 Å². The molecule has 2 heterocycles. The summed E-state index contributed by atoms with van der Waals surface area (Å²) in [4.78, 5) is 4.67. The molecule has 0 aliphatic carbocycles. The minimum absolute atomic E-state index is 0.530. The van der Waals surface area contributed by atoms with E-state index >= 15 is 0 Å². The van der Waals surface area contributed by atoms with Crippen molar-refractivity contribution in [3.63, 3.8) is 0 Å². The molecule has 6 heteroatoms. The molecule has 0 saturated carbocycles. The summed E-state index contributed by atoms with van der Waals surface area (Å²) in [5.74, 6) is 3.36. The molecule has 1 aliphatic heterocycles. The van der Waals surface area contributed by atoms with Crippen molar-refractivity contribution < 1.29 is 13.9 Å². The summed E-state index contributed by atoms with van der Waals surface area (Å²) in [5, 5.41) is 6.59. The van der Waals surface area contributed by atoms with Crippen LogP contribution in [0.1, 0.15) is 24.7 Å². The molecule has 0 radical (unpaired) electrons. The van der Waals surface area contributed by atoms with Crippen LogP contribution in [-0.4, -0.2) is 32.3 Å². The maximum absolute atomic E-state index is 5.85. The van der Waals surface area contributed by atoms with E-state index in [0.29, 0.717) is 19.8 Å². The van der Waals surface area contributed by atoms with Gasteiger partial charge >= 0.3 is 0 Å². The molecule has 2 N–H and O–H groups in total. The molecule has 0 atom stereocenters. The van der Waals surface area contributed by atoms with Crippen molar-refractivity contribution >= 4 is 5.96 Å². The fourth-order valence-corrected chi connectivity index (χ4v) is 2.64. The monoisotopic (exact) mass is 343 g/mol. The lowest BCUT2D eigenvalue weighted by Crippen LogP contribution is -2.38. The topological polar surface area (TPSA) is 68.0 Å². The number of nitrogens with one attached hydrogen (secondary N) is 2. The molecule has 0 amide bonds. The molecule has 6 nitrogen and oxygen atoms in total. The molecular formula is C19H25N3O3. The third-order valence-electron chi connectivity index (χ3n) is 3.85. The highest BCUT2D eigenvalue weighted by Crippen LogP contribution is 2.33. The summed E-state index contributed by atoms with van der Waals surface area (Å²) in [7, 11) is 0. The van der Waals surface area contributed by atoms with Gasteiger partial charge in [-0.2, -0.15) is 0 Å². The zero-order chi connectivity index (χ0) is 17.3. The average molecular weight is 343 g/mol. The minimum atomic E-state index is 0.530. The van der Waals surface area contributed by atoms with Crippen molar-refractivity contribution in [3.8, 4) is 11.5 Å². The van der Waals surface area contributed by atoms with Crippen LogP contribution >= 0.6 is 0 Å². The van der Waals surface area contributed by atoms with Gasteiger partial charge in [0, 0.05) is 31.5 Å². The summed E-state index contributed by atoms with van der Waals surface area (Å²) in [5.41, 5.74) is 1.03. The van der Waals surface area contributed by atoms with Gasteiger partial charge in [-0.25, -0.2) is 4.99 Å². The Balaban J connectivity index is 1.63. The molecule has 0 saturated heterocycles. The van der Waals surface area contributed by atoms with E-state index < -0.39 is 0 Å². The van der Waals surface area contributed by atoms with Gasteiger partial charge in [0.15, 0.2) is 17.5 Å². The van der Waals surface area contributed by atoms with Crippen LogP contribution < -0.4 is 20.1 Å². The van der Waals surface area contributed by atoms with E-state index in [4.69, 9.17) is 13.9 Å². The highest BCUT2D eigenvalue weighted by molar-refractivity contribution is 5.79. The van der Waals surface area contributed by atoms with Crippen molar-refractivity contribution in [3.05, 3.63) is 47.9 Å². The number of nitrogens with zero attached hydrogens (tertiary/aromatic N) is 1. The molecule has 0 unspecified atom stereocenters. The lowest BCUT2D eigenvalue weighted by molar-refractivity contribution is 0.296. The fraction of sp³-hybridized carbons (Fsp3) is 0.421. The van der Waals surface area contributed by atoms with Gasteiger partial charge in [-0.15, -0.1) is 0 Å². The zero-order valence-corrected chi connectivity index (χ0v) is 14.6. The van der Waals surface area contributed by atoms with Crippen molar-refractivity contribution in [2.45, 2.75) is 26.3 Å². The first-order chi connectivity index (χ1) is 12.4. The Bertz CT molecular complexity index is 683. The van der Waals surface area contributed by atoms with E-state index in [1.54, 1.807) is 6.26 Å². The number of para-hydroxylation sites is 1. The summed E-state index contributed by atoms with van der Waals surface area (Å²) in [6.45, 7) is 5.51. The van der Waals surface area contributed by atoms with Crippen LogP contribution in [0.15, 0.2) is 46.0 Å². The van der Waals surface area contributed by atoms with Crippen molar-refractivity contribution in [1.29, 1.82) is 0 Å². The Labute approximate surface area is 148 Å². The summed E-state index contributed by atoms with van der Waals surface area (Å²) >= 11 is 0. The molecule has 134 valence electrons. The minimum Gasteiger partial charge on any atom is -0.490 e. The third kappa shape index (κ3) is 4.92. The van der Waals surface area contributed by atoms with E-state index in [1.165, 1.54) is 0 Å². The Morgan fingerprint density at radius 1 is 1.12 bits per heavy atom. The second-order valence-electron chi connectivity index (χ2n) is 5.75. The van der Waals surface area contributed by atoms with Crippen molar-refractivity contribution in [2.75, 3.05) is 26.3 Å². The highest BCUT2D eigenvalue weighted by atomic mass is 16.5. The van der Waals surface area contributed by atoms with Gasteiger partial charge in [-0.3, -0.25) is 0 Å². The number of guanidine groups is 1. The Morgan fingerprint density at radius 3 is 2.88 bits per heavy atom. The first-order valence-electron chi connectivity index (χ1n) is 8.79. The standard InChI is InChI=1S/C19H25N3O3/c1-2-20-19(21-10-9-16-7-4-11-23-16)22-14-15-6-3-8-17-18(15)25-13-5-12-24-17/h3-4,6-8,11H,2,5,9-10,12-14H2,1H3,(H2,20,21,22). The van der Waals surface area contributed by atoms with Crippen molar-refractivity contribution in [2.24, 2.45) is 4.99 Å². The second-order valence-corrected chi connectivity index (χ2v) is 5.75. The maximum Gasteiger partial charge on any atom is 0.191 e. The Morgan fingerprint density at radius 2 is 2.04 bits per heavy atom. The number of rotatable bonds is 6. The predicted octanol–water partition coefficient (Wildman–Crippen LogP) is 2.74. The molecule has 0 spiro atoms. The summed E-state index contributed by atoms with van der Waals surface area (Å²) in [6, 6.07) is 9.83. The largest absolute Gasteiger partial charge is 0.490 e. The number of furan rings is 1. The number of ether oxygens (including phenoxy) is 2. The van der Waals surface area contributed by atoms with E-state index in [-0.39, 0.29) is 0 Å².